The summed E-state index contributed by atoms with van der Waals surface area (Å²) in [5, 5.41) is 17.6. The van der Waals surface area contributed by atoms with Crippen LogP contribution < -0.4 is 0 Å². The van der Waals surface area contributed by atoms with E-state index in [2.05, 4.69) is 16.8 Å². The van der Waals surface area contributed by atoms with E-state index >= 15 is 0 Å². The number of hydrogen-bond acceptors (Lipinski definition) is 7. The molecule has 8 heteroatoms. The summed E-state index contributed by atoms with van der Waals surface area (Å²) in [6.45, 7) is -0.206. The zero-order valence-electron chi connectivity index (χ0n) is 15.1. The first kappa shape index (κ1) is 20.1. The highest BCUT2D eigenvalue weighted by molar-refractivity contribution is 5.78. The summed E-state index contributed by atoms with van der Waals surface area (Å²) in [6, 6.07) is 10.5. The van der Waals surface area contributed by atoms with Crippen LogP contribution in [0.4, 0.5) is 0 Å². The van der Waals surface area contributed by atoms with Crippen LogP contribution in [-0.2, 0) is 14.4 Å². The summed E-state index contributed by atoms with van der Waals surface area (Å²) in [6.07, 6.45) is 4.26. The highest BCUT2D eigenvalue weighted by Gasteiger charge is 2.40. The van der Waals surface area contributed by atoms with Crippen LogP contribution in [0.2, 0.25) is 0 Å². The molecule has 3 atom stereocenters. The van der Waals surface area contributed by atoms with E-state index in [0.717, 1.165) is 25.5 Å². The molecule has 1 aromatic carbocycles. The molecule has 1 N–H and O–H groups in total. The highest BCUT2D eigenvalue weighted by atomic mass is 16.9. The van der Waals surface area contributed by atoms with Crippen molar-refractivity contribution in [1.82, 2.24) is 4.90 Å². The molecule has 0 radical (unpaired) electrons. The lowest BCUT2D eigenvalue weighted by Gasteiger charge is -2.36. The van der Waals surface area contributed by atoms with E-state index in [0.29, 0.717) is 12.1 Å². The molecule has 2 fully saturated rings. The van der Waals surface area contributed by atoms with Gasteiger partial charge in [-0.05, 0) is 38.3 Å². The predicted octanol–water partition coefficient (Wildman–Crippen LogP) is 1.76. The largest absolute Gasteiger partial charge is 0.462 e. The van der Waals surface area contributed by atoms with Gasteiger partial charge in [0, 0.05) is 12.1 Å². The lowest BCUT2D eigenvalue weighted by atomic mass is 9.98. The Morgan fingerprint density at radius 1 is 1.31 bits per heavy atom. The van der Waals surface area contributed by atoms with Crippen molar-refractivity contribution in [2.75, 3.05) is 20.8 Å². The number of rotatable bonds is 5. The molecular weight excluding hydrogens is 340 g/mol. The van der Waals surface area contributed by atoms with E-state index in [9.17, 15) is 9.90 Å². The van der Waals surface area contributed by atoms with Crippen molar-refractivity contribution in [2.45, 2.75) is 49.8 Å². The Balaban J connectivity index is 0.000000431. The van der Waals surface area contributed by atoms with Crippen LogP contribution in [0.25, 0.3) is 0 Å². The van der Waals surface area contributed by atoms with Crippen LogP contribution >= 0.6 is 0 Å². The topological polar surface area (TPSA) is 102 Å². The van der Waals surface area contributed by atoms with Gasteiger partial charge < -0.3 is 19.6 Å². The van der Waals surface area contributed by atoms with Crippen LogP contribution in [0.1, 0.15) is 37.2 Å². The van der Waals surface area contributed by atoms with Gasteiger partial charge in [0.2, 0.25) is 0 Å². The van der Waals surface area contributed by atoms with Crippen molar-refractivity contribution in [1.29, 1.82) is 0 Å². The smallest absolute Gasteiger partial charge is 0.316 e. The molecule has 3 rings (SSSR count). The van der Waals surface area contributed by atoms with Crippen molar-refractivity contribution >= 4 is 5.97 Å². The van der Waals surface area contributed by atoms with Gasteiger partial charge in [0.25, 0.3) is 5.09 Å². The SMILES string of the molecule is CN1C2CCC1CC(OC(=O)C(CO)c1ccccc1)C2.CO[N+](=O)[O-]. The molecule has 0 amide bonds. The Labute approximate surface area is 152 Å². The van der Waals surface area contributed by atoms with Crippen LogP contribution in [0, 0.1) is 10.1 Å². The number of aliphatic hydroxyl groups excluding tert-OH is 1. The zero-order chi connectivity index (χ0) is 19.1. The molecule has 1 aromatic rings. The third-order valence-corrected chi connectivity index (χ3v) is 5.16. The number of carbonyl (C=O) groups is 1. The quantitative estimate of drug-likeness (QED) is 0.481. The van der Waals surface area contributed by atoms with Crippen LogP contribution in [0.3, 0.4) is 0 Å². The number of carbonyl (C=O) groups excluding carboxylic acids is 1. The van der Waals surface area contributed by atoms with E-state index in [-0.39, 0.29) is 18.7 Å². The summed E-state index contributed by atoms with van der Waals surface area (Å²) >= 11 is 0. The molecule has 2 aliphatic rings. The van der Waals surface area contributed by atoms with Crippen molar-refractivity contribution in [2.24, 2.45) is 0 Å². The third-order valence-electron chi connectivity index (χ3n) is 5.16. The number of esters is 1. The molecule has 8 nitrogen and oxygen atoms in total. The van der Waals surface area contributed by atoms with E-state index in [1.807, 2.05) is 30.3 Å². The van der Waals surface area contributed by atoms with E-state index in [1.165, 1.54) is 12.8 Å². The molecule has 26 heavy (non-hydrogen) atoms. The number of hydrogen-bond donors (Lipinski definition) is 1. The average molecular weight is 366 g/mol. The number of fused-ring (bicyclic) bond motifs is 2. The van der Waals surface area contributed by atoms with E-state index < -0.39 is 11.0 Å². The lowest BCUT2D eigenvalue weighted by molar-refractivity contribution is -0.749. The number of ether oxygens (including phenoxy) is 1. The molecule has 0 spiro atoms. The van der Waals surface area contributed by atoms with Gasteiger partial charge in [0.15, 0.2) is 0 Å². The lowest BCUT2D eigenvalue weighted by Crippen LogP contribution is -2.43. The van der Waals surface area contributed by atoms with Gasteiger partial charge in [0.1, 0.15) is 12.0 Å². The Morgan fingerprint density at radius 2 is 1.85 bits per heavy atom. The Morgan fingerprint density at radius 3 is 2.31 bits per heavy atom. The van der Waals surface area contributed by atoms with Crippen molar-refractivity contribution in [3.63, 3.8) is 0 Å². The Kier molecular flexibility index (Phi) is 7.35. The molecule has 2 saturated heterocycles. The Bertz CT molecular complexity index is 583. The molecule has 3 unspecified atom stereocenters. The van der Waals surface area contributed by atoms with Crippen molar-refractivity contribution in [3.05, 3.63) is 46.0 Å². The maximum atomic E-state index is 12.4. The number of nitrogens with zero attached hydrogens (tertiary/aromatic N) is 2. The van der Waals surface area contributed by atoms with Gasteiger partial charge in [-0.15, -0.1) is 10.1 Å². The third kappa shape index (κ3) is 5.15. The summed E-state index contributed by atoms with van der Waals surface area (Å²) in [7, 11) is 3.17. The van der Waals surface area contributed by atoms with E-state index in [4.69, 9.17) is 14.9 Å². The molecule has 2 bridgehead atoms. The summed E-state index contributed by atoms with van der Waals surface area (Å²) in [4.78, 5) is 27.2. The zero-order valence-corrected chi connectivity index (χ0v) is 15.1. The standard InChI is InChI=1S/C17H23NO3.CH3NO3/c1-18-13-7-8-14(18)10-15(9-13)21-17(20)16(11-19)12-5-3-2-4-6-12;1-5-2(3)4/h2-6,13-16,19H,7-11H2,1H3;1H3. The van der Waals surface area contributed by atoms with Gasteiger partial charge in [-0.2, -0.15) is 0 Å². The fraction of sp³-hybridized carbons (Fsp3) is 0.611. The van der Waals surface area contributed by atoms with Gasteiger partial charge in [-0.25, -0.2) is 0 Å². The number of piperidine rings is 1. The first-order valence-corrected chi connectivity index (χ1v) is 8.73. The summed E-state index contributed by atoms with van der Waals surface area (Å²) in [5.74, 6) is -0.860. The Hall–Kier alpha value is -2.19. The molecule has 2 aliphatic heterocycles. The number of aliphatic hydroxyl groups is 1. The molecule has 0 saturated carbocycles. The molecule has 0 aromatic heterocycles. The monoisotopic (exact) mass is 366 g/mol. The van der Waals surface area contributed by atoms with Gasteiger partial charge in [-0.3, -0.25) is 4.79 Å². The maximum Gasteiger partial charge on any atom is 0.316 e. The summed E-state index contributed by atoms with van der Waals surface area (Å²) < 4.78 is 5.70. The van der Waals surface area contributed by atoms with Crippen LogP contribution in [0.15, 0.2) is 30.3 Å². The minimum absolute atomic E-state index is 0.00367. The van der Waals surface area contributed by atoms with Gasteiger partial charge >= 0.3 is 5.97 Å². The van der Waals surface area contributed by atoms with Crippen molar-refractivity contribution in [3.8, 4) is 0 Å². The molecule has 144 valence electrons. The molecule has 0 aliphatic carbocycles. The predicted molar refractivity (Wildman–Crippen MR) is 94.0 cm³/mol. The first-order chi connectivity index (χ1) is 12.5. The highest BCUT2D eigenvalue weighted by Crippen LogP contribution is 2.36. The minimum Gasteiger partial charge on any atom is -0.462 e. The maximum absolute atomic E-state index is 12.4. The number of benzene rings is 1. The second-order valence-corrected chi connectivity index (χ2v) is 6.63. The second-order valence-electron chi connectivity index (χ2n) is 6.63. The first-order valence-electron chi connectivity index (χ1n) is 8.73. The molecule has 2 heterocycles. The summed E-state index contributed by atoms with van der Waals surface area (Å²) in [5.41, 5.74) is 0.820. The van der Waals surface area contributed by atoms with Crippen LogP contribution in [-0.4, -0.2) is 60.0 Å². The van der Waals surface area contributed by atoms with Crippen LogP contribution in [0.5, 0.6) is 0 Å². The fourth-order valence-corrected chi connectivity index (χ4v) is 3.71. The van der Waals surface area contributed by atoms with E-state index in [1.54, 1.807) is 0 Å². The van der Waals surface area contributed by atoms with Gasteiger partial charge in [-0.1, -0.05) is 30.3 Å². The second kappa shape index (κ2) is 9.49. The average Bonchev–Trinajstić information content (AvgIpc) is 2.84. The van der Waals surface area contributed by atoms with Gasteiger partial charge in [0.05, 0.1) is 13.7 Å². The minimum atomic E-state index is -0.875. The fourth-order valence-electron chi connectivity index (χ4n) is 3.71. The van der Waals surface area contributed by atoms with Crippen molar-refractivity contribution < 1.29 is 24.6 Å². The molecular formula is C18H26N2O6. The normalized spacial score (nSPS) is 25.6.